The van der Waals surface area contributed by atoms with Crippen LogP contribution < -0.4 is 15.2 Å². The van der Waals surface area contributed by atoms with Crippen LogP contribution >= 0.6 is 0 Å². The van der Waals surface area contributed by atoms with E-state index in [0.29, 0.717) is 31.3 Å². The smallest absolute Gasteiger partial charge is 0.317 e. The topological polar surface area (TPSA) is 98.7 Å². The van der Waals surface area contributed by atoms with Crippen molar-refractivity contribution in [2.24, 2.45) is 0 Å². The van der Waals surface area contributed by atoms with Gasteiger partial charge in [-0.3, -0.25) is 9.59 Å². The van der Waals surface area contributed by atoms with Crippen molar-refractivity contribution < 1.29 is 34.3 Å². The molecule has 0 amide bonds. The molecule has 0 aliphatic rings. The van der Waals surface area contributed by atoms with E-state index >= 15 is 0 Å². The minimum absolute atomic E-state index is 0.0305. The maximum Gasteiger partial charge on any atom is 0.317 e. The van der Waals surface area contributed by atoms with E-state index in [1.165, 1.54) is 103 Å². The quantitative estimate of drug-likeness (QED) is 0.0483. The van der Waals surface area contributed by atoms with E-state index in [4.69, 9.17) is 18.9 Å². The fourth-order valence-electron chi connectivity index (χ4n) is 5.79. The number of benzene rings is 2. The van der Waals surface area contributed by atoms with Crippen molar-refractivity contribution in [1.29, 1.82) is 0 Å². The third kappa shape index (κ3) is 22.3. The summed E-state index contributed by atoms with van der Waals surface area (Å²) < 4.78 is 23.0. The zero-order valence-electron chi connectivity index (χ0n) is 31.1. The van der Waals surface area contributed by atoms with Gasteiger partial charge >= 0.3 is 11.9 Å². The largest absolute Gasteiger partial charge is 0.493 e. The van der Waals surface area contributed by atoms with Crippen LogP contribution in [-0.2, 0) is 38.8 Å². The molecule has 0 unspecified atom stereocenters. The normalized spacial score (nSPS) is 11.0. The molecule has 2 rings (SSSR count). The van der Waals surface area contributed by atoms with Crippen molar-refractivity contribution in [3.05, 3.63) is 59.2 Å². The van der Waals surface area contributed by atoms with Gasteiger partial charge in [0, 0.05) is 11.6 Å². The standard InChI is InChI=1S/C42H67NO6/c1-3-5-7-9-11-13-15-17-19-21-27-46-39-29-38(30-40(31-39)47-28-22-20-18-16-14-12-10-8-6-4-2)35-49-42(45)32-41(44)48-34-37-25-23-36(33-43)24-26-37/h23-26,29-31H,3-22,27-28,32-35,43H2,1-2H3/p+1. The summed E-state index contributed by atoms with van der Waals surface area (Å²) in [5, 5.41) is 0. The number of hydrogen-bond donors (Lipinski definition) is 1. The Balaban J connectivity index is 1.77. The molecule has 0 fully saturated rings. The van der Waals surface area contributed by atoms with Crippen molar-refractivity contribution in [3.63, 3.8) is 0 Å². The van der Waals surface area contributed by atoms with Gasteiger partial charge in [0.1, 0.15) is 31.1 Å². The fourth-order valence-corrected chi connectivity index (χ4v) is 5.79. The molecular weight excluding hydrogens is 614 g/mol. The highest BCUT2D eigenvalue weighted by Gasteiger charge is 2.14. The number of unbranched alkanes of at least 4 members (excludes halogenated alkanes) is 18. The number of hydrogen-bond acceptors (Lipinski definition) is 6. The number of quaternary nitrogens is 1. The molecule has 2 aromatic rings. The van der Waals surface area contributed by atoms with Gasteiger partial charge in [0.25, 0.3) is 0 Å². The van der Waals surface area contributed by atoms with Gasteiger partial charge in [0.15, 0.2) is 0 Å². The van der Waals surface area contributed by atoms with Gasteiger partial charge in [-0.15, -0.1) is 0 Å². The van der Waals surface area contributed by atoms with Crippen LogP contribution in [0.5, 0.6) is 11.5 Å². The first kappa shape index (κ1) is 42.1. The molecule has 49 heavy (non-hydrogen) atoms. The monoisotopic (exact) mass is 683 g/mol. The van der Waals surface area contributed by atoms with Gasteiger partial charge in [-0.1, -0.05) is 154 Å². The molecule has 0 heterocycles. The Morgan fingerprint density at radius 1 is 0.490 bits per heavy atom. The highest BCUT2D eigenvalue weighted by atomic mass is 16.6. The molecule has 0 aliphatic heterocycles. The van der Waals surface area contributed by atoms with Crippen LogP contribution in [-0.4, -0.2) is 25.2 Å². The molecule has 0 atom stereocenters. The predicted molar refractivity (Wildman–Crippen MR) is 198 cm³/mol. The summed E-state index contributed by atoms with van der Waals surface area (Å²) in [5.41, 5.74) is 6.60. The van der Waals surface area contributed by atoms with E-state index in [1.54, 1.807) is 0 Å². The molecule has 0 bridgehead atoms. The summed E-state index contributed by atoms with van der Waals surface area (Å²) in [6.07, 6.45) is 25.1. The average molecular weight is 683 g/mol. The van der Waals surface area contributed by atoms with Gasteiger partial charge in [-0.05, 0) is 36.1 Å². The molecule has 0 saturated heterocycles. The van der Waals surface area contributed by atoms with Crippen LogP contribution in [0.4, 0.5) is 0 Å². The molecule has 7 nitrogen and oxygen atoms in total. The van der Waals surface area contributed by atoms with Gasteiger partial charge in [0.05, 0.1) is 19.8 Å². The summed E-state index contributed by atoms with van der Waals surface area (Å²) in [6, 6.07) is 13.4. The number of esters is 2. The van der Waals surface area contributed by atoms with Crippen molar-refractivity contribution in [1.82, 2.24) is 0 Å². The Bertz CT molecular complexity index is 1070. The minimum atomic E-state index is -0.623. The minimum Gasteiger partial charge on any atom is -0.493 e. The summed E-state index contributed by atoms with van der Waals surface area (Å²) >= 11 is 0. The van der Waals surface area contributed by atoms with Crippen LogP contribution in [0.15, 0.2) is 42.5 Å². The second-order valence-electron chi connectivity index (χ2n) is 13.4. The highest BCUT2D eigenvalue weighted by molar-refractivity contribution is 5.91. The summed E-state index contributed by atoms with van der Waals surface area (Å²) in [7, 11) is 0. The second kappa shape index (κ2) is 28.7. The molecule has 0 aliphatic carbocycles. The van der Waals surface area contributed by atoms with E-state index in [-0.39, 0.29) is 13.2 Å². The number of carbonyl (C=O) groups is 2. The lowest BCUT2D eigenvalue weighted by atomic mass is 10.1. The van der Waals surface area contributed by atoms with Crippen molar-refractivity contribution in [3.8, 4) is 11.5 Å². The molecule has 0 aromatic heterocycles. The van der Waals surface area contributed by atoms with Gasteiger partial charge in [-0.25, -0.2) is 0 Å². The fraction of sp³-hybridized carbons (Fsp3) is 0.667. The van der Waals surface area contributed by atoms with Crippen molar-refractivity contribution in [2.45, 2.75) is 168 Å². The highest BCUT2D eigenvalue weighted by Crippen LogP contribution is 2.25. The van der Waals surface area contributed by atoms with E-state index in [9.17, 15) is 9.59 Å². The van der Waals surface area contributed by atoms with Crippen LogP contribution in [0.2, 0.25) is 0 Å². The SMILES string of the molecule is CCCCCCCCCCCCOc1cc(COC(=O)CC(=O)OCc2ccc(C[NH3+])cc2)cc(OCCCCCCCCCCCC)c1. The Labute approximate surface area is 298 Å². The van der Waals surface area contributed by atoms with Crippen LogP contribution in [0, 0.1) is 0 Å². The van der Waals surface area contributed by atoms with Crippen molar-refractivity contribution >= 4 is 11.9 Å². The first-order chi connectivity index (χ1) is 24.0. The van der Waals surface area contributed by atoms with Gasteiger partial charge in [-0.2, -0.15) is 0 Å². The van der Waals surface area contributed by atoms with Crippen LogP contribution in [0.1, 0.15) is 165 Å². The molecule has 276 valence electrons. The third-order valence-electron chi connectivity index (χ3n) is 8.87. The molecule has 0 saturated carbocycles. The first-order valence-corrected chi connectivity index (χ1v) is 19.6. The van der Waals surface area contributed by atoms with E-state index < -0.39 is 18.4 Å². The Morgan fingerprint density at radius 3 is 1.27 bits per heavy atom. The molecule has 3 N–H and O–H groups in total. The van der Waals surface area contributed by atoms with E-state index in [0.717, 1.165) is 42.4 Å². The molecular formula is C42H68NO6+. The zero-order valence-corrected chi connectivity index (χ0v) is 31.1. The molecule has 2 aromatic carbocycles. The number of rotatable bonds is 31. The lowest BCUT2D eigenvalue weighted by Gasteiger charge is -2.13. The van der Waals surface area contributed by atoms with Crippen molar-refractivity contribution in [2.75, 3.05) is 13.2 Å². The van der Waals surface area contributed by atoms with Crippen LogP contribution in [0.3, 0.4) is 0 Å². The maximum atomic E-state index is 12.5. The zero-order chi connectivity index (χ0) is 35.2. The Kier molecular flexibility index (Phi) is 24.7. The third-order valence-corrected chi connectivity index (χ3v) is 8.87. The maximum absolute atomic E-state index is 12.5. The molecule has 0 spiro atoms. The van der Waals surface area contributed by atoms with Gasteiger partial charge < -0.3 is 24.7 Å². The predicted octanol–water partition coefficient (Wildman–Crippen LogP) is 10.2. The average Bonchev–Trinajstić information content (AvgIpc) is 3.11. The lowest BCUT2D eigenvalue weighted by molar-refractivity contribution is -0.386. The van der Waals surface area contributed by atoms with E-state index in [2.05, 4.69) is 19.6 Å². The van der Waals surface area contributed by atoms with Crippen LogP contribution in [0.25, 0.3) is 0 Å². The summed E-state index contributed by atoms with van der Waals surface area (Å²) in [4.78, 5) is 24.7. The Morgan fingerprint density at radius 2 is 0.857 bits per heavy atom. The molecule has 7 heteroatoms. The second-order valence-corrected chi connectivity index (χ2v) is 13.4. The lowest BCUT2D eigenvalue weighted by Crippen LogP contribution is -2.47. The van der Waals surface area contributed by atoms with Gasteiger partial charge in [0.2, 0.25) is 0 Å². The first-order valence-electron chi connectivity index (χ1n) is 19.6. The summed E-state index contributed by atoms with van der Waals surface area (Å²) in [6.45, 7) is 6.64. The summed E-state index contributed by atoms with van der Waals surface area (Å²) in [5.74, 6) is 0.195. The number of carbonyl (C=O) groups excluding carboxylic acids is 2. The Hall–Kier alpha value is -3.06. The molecule has 0 radical (unpaired) electrons. The van der Waals surface area contributed by atoms with E-state index in [1.807, 2.05) is 42.5 Å². The number of ether oxygens (including phenoxy) is 4.